The van der Waals surface area contributed by atoms with Gasteiger partial charge in [0.25, 0.3) is 5.60 Å². The summed E-state index contributed by atoms with van der Waals surface area (Å²) in [5.74, 6) is 0.323. The summed E-state index contributed by atoms with van der Waals surface area (Å²) in [7, 11) is 0. The third-order valence-corrected chi connectivity index (χ3v) is 4.85. The lowest BCUT2D eigenvalue weighted by atomic mass is 9.87. The summed E-state index contributed by atoms with van der Waals surface area (Å²) in [5, 5.41) is 0.788. The lowest BCUT2D eigenvalue weighted by molar-refractivity contribution is -0.385. The summed E-state index contributed by atoms with van der Waals surface area (Å²) in [6, 6.07) is 2.03. The summed E-state index contributed by atoms with van der Waals surface area (Å²) >= 11 is 3.28. The van der Waals surface area contributed by atoms with Crippen LogP contribution in [0.5, 0.6) is 5.75 Å². The maximum absolute atomic E-state index is 13.4. The average Bonchev–Trinajstić information content (AvgIpc) is 2.94. The van der Waals surface area contributed by atoms with Crippen LogP contribution >= 0.6 is 15.9 Å². The molecule has 0 unspecified atom stereocenters. The van der Waals surface area contributed by atoms with Crippen LogP contribution < -0.4 is 4.74 Å². The summed E-state index contributed by atoms with van der Waals surface area (Å²) < 4.78 is 90.5. The van der Waals surface area contributed by atoms with Crippen LogP contribution in [0.1, 0.15) is 42.9 Å². The fourth-order valence-corrected chi connectivity index (χ4v) is 3.49. The van der Waals surface area contributed by atoms with E-state index in [4.69, 9.17) is 4.74 Å². The highest BCUT2D eigenvalue weighted by molar-refractivity contribution is 9.09. The van der Waals surface area contributed by atoms with Gasteiger partial charge in [0.2, 0.25) is 0 Å². The van der Waals surface area contributed by atoms with Crippen molar-refractivity contribution >= 4 is 15.9 Å². The molecule has 0 N–H and O–H groups in total. The monoisotopic (exact) mass is 448 g/mol. The summed E-state index contributed by atoms with van der Waals surface area (Å²) in [4.78, 5) is 0. The van der Waals surface area contributed by atoms with Gasteiger partial charge >= 0.3 is 12.4 Å². The molecule has 1 aliphatic heterocycles. The van der Waals surface area contributed by atoms with Gasteiger partial charge in [-0.05, 0) is 30.9 Å². The molecule has 1 aromatic carbocycles. The van der Waals surface area contributed by atoms with Gasteiger partial charge in [0.05, 0.1) is 13.2 Å². The van der Waals surface area contributed by atoms with Crippen molar-refractivity contribution in [2.75, 3.05) is 11.9 Å². The smallest absolute Gasteiger partial charge is 0.430 e. The van der Waals surface area contributed by atoms with E-state index in [1.54, 1.807) is 6.92 Å². The Labute approximate surface area is 156 Å². The molecule has 148 valence electrons. The van der Waals surface area contributed by atoms with Gasteiger partial charge in [0, 0.05) is 16.5 Å². The number of fused-ring (bicyclic) bond motifs is 1. The molecule has 1 aliphatic rings. The maximum Gasteiger partial charge on any atom is 0.430 e. The normalized spacial score (nSPS) is 16.6. The molecule has 0 radical (unpaired) electrons. The zero-order valence-electron chi connectivity index (χ0n) is 14.1. The van der Waals surface area contributed by atoms with Crippen molar-refractivity contribution in [3.63, 3.8) is 0 Å². The summed E-state index contributed by atoms with van der Waals surface area (Å²) in [6.45, 7) is 1.39. The van der Waals surface area contributed by atoms with E-state index >= 15 is 0 Å². The molecule has 9 heteroatoms. The lowest BCUT2D eigenvalue weighted by Crippen LogP contribution is -2.53. The Balaban J connectivity index is 2.49. The number of alkyl halides is 7. The summed E-state index contributed by atoms with van der Waals surface area (Å²) in [6.07, 6.45) is -8.79. The minimum absolute atomic E-state index is 0.0699. The second-order valence-corrected chi connectivity index (χ2v) is 6.82. The molecule has 1 heterocycles. The van der Waals surface area contributed by atoms with Gasteiger partial charge in [-0.3, -0.25) is 0 Å². The zero-order chi connectivity index (χ0) is 19.6. The standard InChI is InChI=1S/C17H19BrF6O2/c1-2-5-11-12-10-26-15(16(19,20)21,17(22,23)24)13(12)6-7-14(11)25-9-4-3-8-18/h6-7H,2-5,8-10H2,1H3. The van der Waals surface area contributed by atoms with Crippen LogP contribution in [0.4, 0.5) is 26.3 Å². The van der Waals surface area contributed by atoms with Crippen LogP contribution in [0.25, 0.3) is 0 Å². The van der Waals surface area contributed by atoms with E-state index in [9.17, 15) is 26.3 Å². The number of hydrogen-bond acceptors (Lipinski definition) is 2. The Morgan fingerprint density at radius 2 is 1.77 bits per heavy atom. The molecule has 0 saturated heterocycles. The molecule has 0 aliphatic carbocycles. The highest BCUT2D eigenvalue weighted by Crippen LogP contribution is 2.58. The van der Waals surface area contributed by atoms with Gasteiger partial charge in [0.15, 0.2) is 0 Å². The molecule has 0 atom stereocenters. The molecule has 0 bridgehead atoms. The third-order valence-electron chi connectivity index (χ3n) is 4.28. The lowest BCUT2D eigenvalue weighted by Gasteiger charge is -2.33. The van der Waals surface area contributed by atoms with Crippen molar-refractivity contribution in [2.45, 2.75) is 57.2 Å². The second kappa shape index (κ2) is 7.96. The number of hydrogen-bond donors (Lipinski definition) is 0. The molecule has 0 fully saturated rings. The van der Waals surface area contributed by atoms with Crippen molar-refractivity contribution in [3.8, 4) is 5.75 Å². The Bertz CT molecular complexity index is 613. The highest BCUT2D eigenvalue weighted by Gasteiger charge is 2.75. The molecular weight excluding hydrogens is 430 g/mol. The first-order chi connectivity index (χ1) is 12.1. The van der Waals surface area contributed by atoms with Gasteiger partial charge < -0.3 is 9.47 Å². The molecule has 0 aromatic heterocycles. The first kappa shape index (κ1) is 21.3. The Hall–Kier alpha value is -0.960. The van der Waals surface area contributed by atoms with E-state index in [1.807, 2.05) is 0 Å². The Kier molecular flexibility index (Phi) is 6.53. The first-order valence-electron chi connectivity index (χ1n) is 8.21. The number of ether oxygens (including phenoxy) is 2. The van der Waals surface area contributed by atoms with Crippen molar-refractivity contribution in [1.29, 1.82) is 0 Å². The van der Waals surface area contributed by atoms with Crippen LogP contribution in [0, 0.1) is 0 Å². The van der Waals surface area contributed by atoms with Gasteiger partial charge in [-0.25, -0.2) is 0 Å². The van der Waals surface area contributed by atoms with E-state index in [-0.39, 0.29) is 5.56 Å². The third kappa shape index (κ3) is 3.69. The van der Waals surface area contributed by atoms with Crippen molar-refractivity contribution in [2.24, 2.45) is 0 Å². The quantitative estimate of drug-likeness (QED) is 0.287. The number of rotatable bonds is 7. The molecular formula is C17H19BrF6O2. The van der Waals surface area contributed by atoms with Gasteiger partial charge in [-0.1, -0.05) is 35.3 Å². The van der Waals surface area contributed by atoms with Crippen LogP contribution in [0.15, 0.2) is 12.1 Å². The Morgan fingerprint density at radius 3 is 2.31 bits per heavy atom. The molecule has 2 rings (SSSR count). The average molecular weight is 449 g/mol. The maximum atomic E-state index is 13.4. The van der Waals surface area contributed by atoms with Crippen LogP contribution in [-0.4, -0.2) is 24.3 Å². The SMILES string of the molecule is CCCc1c(OCCCCBr)ccc2c1COC2(C(F)(F)F)C(F)(F)F. The predicted octanol–water partition coefficient (Wildman–Crippen LogP) is 6.04. The van der Waals surface area contributed by atoms with E-state index in [0.29, 0.717) is 30.8 Å². The topological polar surface area (TPSA) is 18.5 Å². The fraction of sp³-hybridized carbons (Fsp3) is 0.647. The minimum Gasteiger partial charge on any atom is -0.493 e. The second-order valence-electron chi connectivity index (χ2n) is 6.03. The van der Waals surface area contributed by atoms with Crippen molar-refractivity contribution < 1.29 is 35.8 Å². The van der Waals surface area contributed by atoms with E-state index in [2.05, 4.69) is 20.7 Å². The minimum atomic E-state index is -5.61. The number of unbranched alkanes of at least 4 members (excludes halogenated alkanes) is 1. The number of benzene rings is 1. The summed E-state index contributed by atoms with van der Waals surface area (Å²) in [5.41, 5.74) is -4.88. The van der Waals surface area contributed by atoms with Crippen LogP contribution in [0.3, 0.4) is 0 Å². The number of halogens is 7. The largest absolute Gasteiger partial charge is 0.493 e. The first-order valence-corrected chi connectivity index (χ1v) is 9.33. The molecule has 0 amide bonds. The van der Waals surface area contributed by atoms with Crippen molar-refractivity contribution in [3.05, 3.63) is 28.8 Å². The molecule has 1 aromatic rings. The zero-order valence-corrected chi connectivity index (χ0v) is 15.7. The molecule has 2 nitrogen and oxygen atoms in total. The van der Waals surface area contributed by atoms with E-state index in [0.717, 1.165) is 24.2 Å². The highest BCUT2D eigenvalue weighted by atomic mass is 79.9. The van der Waals surface area contributed by atoms with Crippen LogP contribution in [-0.2, 0) is 23.4 Å². The Morgan fingerprint density at radius 1 is 1.12 bits per heavy atom. The van der Waals surface area contributed by atoms with Crippen molar-refractivity contribution in [1.82, 2.24) is 0 Å². The van der Waals surface area contributed by atoms with E-state index < -0.39 is 30.1 Å². The van der Waals surface area contributed by atoms with E-state index in [1.165, 1.54) is 6.07 Å². The predicted molar refractivity (Wildman–Crippen MR) is 87.5 cm³/mol. The molecule has 0 spiro atoms. The van der Waals surface area contributed by atoms with Gasteiger partial charge in [-0.2, -0.15) is 26.3 Å². The fourth-order valence-electron chi connectivity index (χ4n) is 3.09. The molecule has 0 saturated carbocycles. The van der Waals surface area contributed by atoms with Crippen LogP contribution in [0.2, 0.25) is 0 Å². The molecule has 26 heavy (non-hydrogen) atoms. The van der Waals surface area contributed by atoms with Gasteiger partial charge in [-0.15, -0.1) is 0 Å². The van der Waals surface area contributed by atoms with Gasteiger partial charge in [0.1, 0.15) is 5.75 Å².